The molecule has 0 aliphatic heterocycles. The molecule has 1 heterocycles. The summed E-state index contributed by atoms with van der Waals surface area (Å²) in [5, 5.41) is 0. The summed E-state index contributed by atoms with van der Waals surface area (Å²) in [4.78, 5) is 15.8. The lowest BCUT2D eigenvalue weighted by Gasteiger charge is -2.61. The van der Waals surface area contributed by atoms with E-state index in [0.717, 1.165) is 36.0 Å². The van der Waals surface area contributed by atoms with Crippen LogP contribution in [0, 0.1) is 51.0 Å². The highest BCUT2D eigenvalue weighted by Crippen LogP contribution is 2.68. The number of carbonyl (C=O) groups is 1. The molecule has 0 saturated heterocycles. The molecule has 0 amide bonds. The van der Waals surface area contributed by atoms with Crippen molar-refractivity contribution in [3.63, 3.8) is 0 Å². The van der Waals surface area contributed by atoms with Gasteiger partial charge in [0.25, 0.3) is 0 Å². The number of fused-ring (bicyclic) bond motifs is 5. The maximum absolute atomic E-state index is 12.8. The lowest BCUT2D eigenvalue weighted by Crippen LogP contribution is -2.53. The first-order chi connectivity index (χ1) is 15.3. The summed E-state index contributed by atoms with van der Waals surface area (Å²) in [5.41, 5.74) is 1.82. The number of aromatic nitrogens is 1. The van der Waals surface area contributed by atoms with Gasteiger partial charge in [0.1, 0.15) is 4.64 Å². The van der Waals surface area contributed by atoms with E-state index in [1.165, 1.54) is 64.2 Å². The molecule has 32 heavy (non-hydrogen) atoms. The van der Waals surface area contributed by atoms with Crippen molar-refractivity contribution in [1.29, 1.82) is 0 Å². The maximum Gasteiger partial charge on any atom is 0.165 e. The average molecular weight is 454 g/mol. The van der Waals surface area contributed by atoms with Gasteiger partial charge in [-0.1, -0.05) is 45.8 Å². The number of pyridine rings is 1. The fraction of sp³-hybridized carbons (Fsp3) is 0.793. The number of H-pyrrole nitrogens is 1. The van der Waals surface area contributed by atoms with Gasteiger partial charge in [-0.15, -0.1) is 0 Å². The fourth-order valence-electron chi connectivity index (χ4n) is 9.61. The van der Waals surface area contributed by atoms with Crippen molar-refractivity contribution >= 4 is 18.0 Å². The van der Waals surface area contributed by atoms with Crippen LogP contribution in [-0.2, 0) is 0 Å². The van der Waals surface area contributed by atoms with Gasteiger partial charge in [-0.2, -0.15) is 0 Å². The molecule has 3 heteroatoms. The second kappa shape index (κ2) is 8.67. The van der Waals surface area contributed by atoms with Gasteiger partial charge in [-0.3, -0.25) is 4.79 Å². The molecule has 8 atom stereocenters. The van der Waals surface area contributed by atoms with Gasteiger partial charge in [0.2, 0.25) is 0 Å². The number of Topliss-reactive ketones (excluding diaryl/α,β-unsaturated/α-hetero) is 1. The van der Waals surface area contributed by atoms with E-state index in [9.17, 15) is 4.79 Å². The highest BCUT2D eigenvalue weighted by atomic mass is 32.1. The standard InChI is InChI=1S/C29H43NOS/c1-19(9-14-26(31)22-8-6-18-30-27(22)32)23-12-13-24-21-11-10-20-7-4-5-16-28(20,2)25(21)15-17-29(23,24)3/h6,8,18-21,23-25H,4-5,7,9-17H2,1-3H3,(H,30,32)/t19-,20?,21+,23-,24+,25+,28+,29-/m1/s1. The third-order valence-electron chi connectivity index (χ3n) is 11.3. The molecule has 0 aromatic carbocycles. The Kier molecular flexibility index (Phi) is 6.18. The Labute approximate surface area is 200 Å². The van der Waals surface area contributed by atoms with Gasteiger partial charge >= 0.3 is 0 Å². The second-order valence-corrected chi connectivity index (χ2v) is 12.9. The molecule has 0 radical (unpaired) electrons. The minimum absolute atomic E-state index is 0.214. The molecule has 4 saturated carbocycles. The highest BCUT2D eigenvalue weighted by Gasteiger charge is 2.60. The van der Waals surface area contributed by atoms with E-state index in [0.29, 0.717) is 33.4 Å². The van der Waals surface area contributed by atoms with Crippen molar-refractivity contribution < 1.29 is 4.79 Å². The Morgan fingerprint density at radius 1 is 1.06 bits per heavy atom. The summed E-state index contributed by atoms with van der Waals surface area (Å²) in [5.74, 6) is 5.49. The molecule has 5 rings (SSSR count). The highest BCUT2D eigenvalue weighted by molar-refractivity contribution is 7.71. The maximum atomic E-state index is 12.8. The molecule has 4 aliphatic rings. The molecule has 1 aromatic rings. The van der Waals surface area contributed by atoms with Crippen LogP contribution in [0.15, 0.2) is 18.3 Å². The third-order valence-corrected chi connectivity index (χ3v) is 11.6. The van der Waals surface area contributed by atoms with Crippen molar-refractivity contribution in [2.45, 2.75) is 97.8 Å². The number of aromatic amines is 1. The zero-order valence-corrected chi connectivity index (χ0v) is 21.3. The molecular weight excluding hydrogens is 410 g/mol. The smallest absolute Gasteiger partial charge is 0.165 e. The summed E-state index contributed by atoms with van der Waals surface area (Å²) >= 11 is 5.34. The number of carbonyl (C=O) groups excluding carboxylic acids is 1. The fourth-order valence-corrected chi connectivity index (χ4v) is 9.86. The topological polar surface area (TPSA) is 32.9 Å². The first kappa shape index (κ1) is 22.8. The van der Waals surface area contributed by atoms with Crippen LogP contribution in [0.3, 0.4) is 0 Å². The molecule has 1 aromatic heterocycles. The zero-order chi connectivity index (χ0) is 22.5. The summed E-state index contributed by atoms with van der Waals surface area (Å²) < 4.78 is 0.586. The minimum atomic E-state index is 0.214. The lowest BCUT2D eigenvalue weighted by atomic mass is 9.44. The van der Waals surface area contributed by atoms with Gasteiger partial charge in [0.05, 0.1) is 5.56 Å². The SMILES string of the molecule is C[C@H](CCC(=O)c1ccc[nH]c1=S)[C@H]1CC[C@H]2[C@@H]3CCC4CCCC[C@]4(C)[C@H]3CC[C@]12C. The van der Waals surface area contributed by atoms with E-state index in [4.69, 9.17) is 12.2 Å². The van der Waals surface area contributed by atoms with Gasteiger partial charge < -0.3 is 4.98 Å². The summed E-state index contributed by atoms with van der Waals surface area (Å²) in [6, 6.07) is 3.76. The summed E-state index contributed by atoms with van der Waals surface area (Å²) in [6.07, 6.45) is 18.1. The van der Waals surface area contributed by atoms with Gasteiger partial charge in [-0.25, -0.2) is 0 Å². The predicted octanol–water partition coefficient (Wildman–Crippen LogP) is 8.39. The molecule has 4 fully saturated rings. The van der Waals surface area contributed by atoms with Crippen LogP contribution in [0.25, 0.3) is 0 Å². The number of rotatable bonds is 5. The van der Waals surface area contributed by atoms with E-state index in [1.807, 2.05) is 12.1 Å². The monoisotopic (exact) mass is 453 g/mol. The number of hydrogen-bond donors (Lipinski definition) is 1. The van der Waals surface area contributed by atoms with Gasteiger partial charge in [-0.05, 0) is 116 Å². The molecule has 0 bridgehead atoms. The largest absolute Gasteiger partial charge is 0.352 e. The van der Waals surface area contributed by atoms with Crippen LogP contribution in [-0.4, -0.2) is 10.8 Å². The first-order valence-corrected chi connectivity index (χ1v) is 14.0. The van der Waals surface area contributed by atoms with Gasteiger partial charge in [0.15, 0.2) is 5.78 Å². The van der Waals surface area contributed by atoms with Crippen molar-refractivity contribution in [2.75, 3.05) is 0 Å². The van der Waals surface area contributed by atoms with E-state index in [2.05, 4.69) is 25.8 Å². The molecule has 2 nitrogen and oxygen atoms in total. The van der Waals surface area contributed by atoms with Crippen molar-refractivity contribution in [1.82, 2.24) is 4.98 Å². The van der Waals surface area contributed by atoms with Crippen molar-refractivity contribution in [2.24, 2.45) is 46.3 Å². The quantitative estimate of drug-likeness (QED) is 0.358. The normalized spacial score (nSPS) is 41.9. The minimum Gasteiger partial charge on any atom is -0.352 e. The molecule has 176 valence electrons. The Hall–Kier alpha value is -0.960. The Balaban J connectivity index is 1.27. The molecule has 1 unspecified atom stereocenters. The predicted molar refractivity (Wildman–Crippen MR) is 134 cm³/mol. The molecular formula is C29H43NOS. The van der Waals surface area contributed by atoms with E-state index < -0.39 is 0 Å². The third kappa shape index (κ3) is 3.65. The first-order valence-electron chi connectivity index (χ1n) is 13.6. The Bertz CT molecular complexity index is 906. The Morgan fingerprint density at radius 2 is 1.88 bits per heavy atom. The summed E-state index contributed by atoms with van der Waals surface area (Å²) in [7, 11) is 0. The van der Waals surface area contributed by atoms with E-state index >= 15 is 0 Å². The zero-order valence-electron chi connectivity index (χ0n) is 20.5. The van der Waals surface area contributed by atoms with Gasteiger partial charge in [0, 0.05) is 12.6 Å². The molecule has 0 spiro atoms. The van der Waals surface area contributed by atoms with Crippen molar-refractivity contribution in [3.8, 4) is 0 Å². The lowest BCUT2D eigenvalue weighted by molar-refractivity contribution is -0.114. The van der Waals surface area contributed by atoms with Crippen LogP contribution in [0.2, 0.25) is 0 Å². The Morgan fingerprint density at radius 3 is 2.69 bits per heavy atom. The van der Waals surface area contributed by atoms with Crippen LogP contribution < -0.4 is 0 Å². The second-order valence-electron chi connectivity index (χ2n) is 12.5. The average Bonchev–Trinajstić information content (AvgIpc) is 3.14. The number of nitrogens with one attached hydrogen (secondary N) is 1. The van der Waals surface area contributed by atoms with E-state index in [-0.39, 0.29) is 5.78 Å². The summed E-state index contributed by atoms with van der Waals surface area (Å²) in [6.45, 7) is 7.76. The van der Waals surface area contributed by atoms with Crippen LogP contribution in [0.4, 0.5) is 0 Å². The number of ketones is 1. The van der Waals surface area contributed by atoms with Crippen LogP contribution >= 0.6 is 12.2 Å². The molecule has 1 N–H and O–H groups in total. The van der Waals surface area contributed by atoms with Crippen LogP contribution in [0.5, 0.6) is 0 Å². The van der Waals surface area contributed by atoms with Crippen molar-refractivity contribution in [3.05, 3.63) is 28.5 Å². The molecule has 4 aliphatic carbocycles. The van der Waals surface area contributed by atoms with E-state index in [1.54, 1.807) is 6.20 Å². The van der Waals surface area contributed by atoms with Crippen LogP contribution in [0.1, 0.15) is 108 Å². The number of hydrogen-bond acceptors (Lipinski definition) is 2.